The SMILES string of the molecule is COc1ccc2nc(CC(C)O)[nH]c2c1. The van der Waals surface area contributed by atoms with Crippen molar-refractivity contribution in [2.75, 3.05) is 7.11 Å². The van der Waals surface area contributed by atoms with E-state index in [9.17, 15) is 5.11 Å². The molecule has 1 unspecified atom stereocenters. The smallest absolute Gasteiger partial charge is 0.121 e. The second-order valence-corrected chi connectivity index (χ2v) is 3.62. The van der Waals surface area contributed by atoms with Crippen molar-refractivity contribution in [1.29, 1.82) is 0 Å². The van der Waals surface area contributed by atoms with Crippen molar-refractivity contribution in [1.82, 2.24) is 9.97 Å². The maximum Gasteiger partial charge on any atom is 0.121 e. The predicted molar refractivity (Wildman–Crippen MR) is 58.0 cm³/mol. The summed E-state index contributed by atoms with van der Waals surface area (Å²) in [5.74, 6) is 1.60. The quantitative estimate of drug-likeness (QED) is 0.800. The Kier molecular flexibility index (Phi) is 2.60. The lowest BCUT2D eigenvalue weighted by Gasteiger charge is -1.98. The summed E-state index contributed by atoms with van der Waals surface area (Å²) in [5.41, 5.74) is 1.83. The minimum atomic E-state index is -0.382. The zero-order valence-electron chi connectivity index (χ0n) is 8.82. The molecule has 2 N–H and O–H groups in total. The molecule has 1 aromatic heterocycles. The van der Waals surface area contributed by atoms with Crippen LogP contribution in [0.4, 0.5) is 0 Å². The maximum atomic E-state index is 9.25. The van der Waals surface area contributed by atoms with E-state index in [-0.39, 0.29) is 6.10 Å². The Bertz CT molecular complexity index is 463. The molecular formula is C11H14N2O2. The number of benzene rings is 1. The number of aromatic nitrogens is 2. The van der Waals surface area contributed by atoms with Gasteiger partial charge in [-0.1, -0.05) is 0 Å². The van der Waals surface area contributed by atoms with E-state index in [1.54, 1.807) is 14.0 Å². The molecule has 0 bridgehead atoms. The van der Waals surface area contributed by atoms with Crippen molar-refractivity contribution in [2.24, 2.45) is 0 Å². The Morgan fingerprint density at radius 3 is 3.00 bits per heavy atom. The number of methoxy groups -OCH3 is 1. The number of H-pyrrole nitrogens is 1. The third-order valence-electron chi connectivity index (χ3n) is 2.23. The molecule has 2 aromatic rings. The van der Waals surface area contributed by atoms with Crippen LogP contribution in [0.15, 0.2) is 18.2 Å². The number of aliphatic hydroxyl groups is 1. The normalized spacial score (nSPS) is 13.0. The van der Waals surface area contributed by atoms with Crippen LogP contribution in [-0.2, 0) is 6.42 Å². The summed E-state index contributed by atoms with van der Waals surface area (Å²) < 4.78 is 5.12. The molecule has 0 radical (unpaired) electrons. The van der Waals surface area contributed by atoms with E-state index in [2.05, 4.69) is 9.97 Å². The number of ether oxygens (including phenoxy) is 1. The molecule has 1 heterocycles. The van der Waals surface area contributed by atoms with Crippen LogP contribution >= 0.6 is 0 Å². The zero-order chi connectivity index (χ0) is 10.8. The predicted octanol–water partition coefficient (Wildman–Crippen LogP) is 1.49. The number of nitrogens with zero attached hydrogens (tertiary/aromatic N) is 1. The van der Waals surface area contributed by atoms with E-state index >= 15 is 0 Å². The number of rotatable bonds is 3. The summed E-state index contributed by atoms with van der Waals surface area (Å²) in [7, 11) is 1.63. The maximum absolute atomic E-state index is 9.25. The first kappa shape index (κ1) is 9.98. The fraction of sp³-hybridized carbons (Fsp3) is 0.364. The van der Waals surface area contributed by atoms with Crippen LogP contribution in [0.5, 0.6) is 5.75 Å². The van der Waals surface area contributed by atoms with Crippen LogP contribution < -0.4 is 4.74 Å². The molecule has 0 aliphatic rings. The van der Waals surface area contributed by atoms with Gasteiger partial charge in [0.15, 0.2) is 0 Å². The second kappa shape index (κ2) is 3.90. The van der Waals surface area contributed by atoms with Gasteiger partial charge >= 0.3 is 0 Å². The lowest BCUT2D eigenvalue weighted by atomic mass is 10.3. The van der Waals surface area contributed by atoms with Gasteiger partial charge in [0.1, 0.15) is 11.6 Å². The lowest BCUT2D eigenvalue weighted by molar-refractivity contribution is 0.193. The molecule has 0 fully saturated rings. The summed E-state index contributed by atoms with van der Waals surface area (Å²) >= 11 is 0. The van der Waals surface area contributed by atoms with Gasteiger partial charge in [-0.2, -0.15) is 0 Å². The molecule has 1 aromatic carbocycles. The number of fused-ring (bicyclic) bond motifs is 1. The molecule has 4 nitrogen and oxygen atoms in total. The van der Waals surface area contributed by atoms with Gasteiger partial charge in [-0.25, -0.2) is 4.98 Å². The van der Waals surface area contributed by atoms with Gasteiger partial charge in [-0.15, -0.1) is 0 Å². The van der Waals surface area contributed by atoms with E-state index in [1.807, 2.05) is 18.2 Å². The number of nitrogens with one attached hydrogen (secondary N) is 1. The minimum Gasteiger partial charge on any atom is -0.497 e. The van der Waals surface area contributed by atoms with Crippen molar-refractivity contribution in [3.05, 3.63) is 24.0 Å². The van der Waals surface area contributed by atoms with Crippen LogP contribution in [0, 0.1) is 0 Å². The summed E-state index contributed by atoms with van der Waals surface area (Å²) in [4.78, 5) is 7.51. The van der Waals surface area contributed by atoms with E-state index in [1.165, 1.54) is 0 Å². The summed E-state index contributed by atoms with van der Waals surface area (Å²) in [6, 6.07) is 5.67. The largest absolute Gasteiger partial charge is 0.497 e. The van der Waals surface area contributed by atoms with Crippen molar-refractivity contribution >= 4 is 11.0 Å². The monoisotopic (exact) mass is 206 g/mol. The molecule has 0 spiro atoms. The summed E-state index contributed by atoms with van der Waals surface area (Å²) in [6.45, 7) is 1.74. The van der Waals surface area contributed by atoms with E-state index in [0.717, 1.165) is 22.6 Å². The number of aliphatic hydroxyl groups excluding tert-OH is 1. The van der Waals surface area contributed by atoms with Crippen LogP contribution in [-0.4, -0.2) is 28.3 Å². The Morgan fingerprint density at radius 1 is 1.53 bits per heavy atom. The highest BCUT2D eigenvalue weighted by atomic mass is 16.5. The van der Waals surface area contributed by atoms with Gasteiger partial charge in [0.25, 0.3) is 0 Å². The zero-order valence-corrected chi connectivity index (χ0v) is 8.82. The fourth-order valence-electron chi connectivity index (χ4n) is 1.55. The summed E-state index contributed by atoms with van der Waals surface area (Å²) in [5, 5.41) is 9.25. The van der Waals surface area contributed by atoms with Crippen LogP contribution in [0.1, 0.15) is 12.7 Å². The Morgan fingerprint density at radius 2 is 2.33 bits per heavy atom. The van der Waals surface area contributed by atoms with Gasteiger partial charge in [0.05, 0.1) is 24.2 Å². The highest BCUT2D eigenvalue weighted by Gasteiger charge is 2.06. The molecular weight excluding hydrogens is 192 g/mol. The van der Waals surface area contributed by atoms with Gasteiger partial charge in [-0.3, -0.25) is 0 Å². The van der Waals surface area contributed by atoms with Crippen molar-refractivity contribution < 1.29 is 9.84 Å². The van der Waals surface area contributed by atoms with Crippen LogP contribution in [0.2, 0.25) is 0 Å². The molecule has 15 heavy (non-hydrogen) atoms. The minimum absolute atomic E-state index is 0.382. The molecule has 2 rings (SSSR count). The van der Waals surface area contributed by atoms with E-state index < -0.39 is 0 Å². The Hall–Kier alpha value is -1.55. The molecule has 1 atom stereocenters. The van der Waals surface area contributed by atoms with E-state index in [4.69, 9.17) is 4.74 Å². The Labute approximate surface area is 87.9 Å². The molecule has 80 valence electrons. The van der Waals surface area contributed by atoms with Crippen molar-refractivity contribution in [2.45, 2.75) is 19.4 Å². The highest BCUT2D eigenvalue weighted by molar-refractivity contribution is 5.76. The standard InChI is InChI=1S/C11H14N2O2/c1-7(14)5-11-12-9-4-3-8(15-2)6-10(9)13-11/h3-4,6-7,14H,5H2,1-2H3,(H,12,13). The molecule has 0 aliphatic carbocycles. The average Bonchev–Trinajstić information content (AvgIpc) is 2.57. The molecule has 4 heteroatoms. The third kappa shape index (κ3) is 2.10. The van der Waals surface area contributed by atoms with Gasteiger partial charge in [0, 0.05) is 12.5 Å². The first-order chi connectivity index (χ1) is 7.19. The first-order valence-corrected chi connectivity index (χ1v) is 4.89. The fourth-order valence-corrected chi connectivity index (χ4v) is 1.55. The van der Waals surface area contributed by atoms with Crippen molar-refractivity contribution in [3.63, 3.8) is 0 Å². The summed E-state index contributed by atoms with van der Waals surface area (Å²) in [6.07, 6.45) is 0.157. The van der Waals surface area contributed by atoms with Crippen LogP contribution in [0.25, 0.3) is 11.0 Å². The van der Waals surface area contributed by atoms with Crippen LogP contribution in [0.3, 0.4) is 0 Å². The average molecular weight is 206 g/mol. The lowest BCUT2D eigenvalue weighted by Crippen LogP contribution is -2.05. The number of hydrogen-bond acceptors (Lipinski definition) is 3. The molecule has 0 aliphatic heterocycles. The second-order valence-electron chi connectivity index (χ2n) is 3.62. The number of aromatic amines is 1. The van der Waals surface area contributed by atoms with Crippen molar-refractivity contribution in [3.8, 4) is 5.75 Å². The Balaban J connectivity index is 2.37. The third-order valence-corrected chi connectivity index (χ3v) is 2.23. The number of hydrogen-bond donors (Lipinski definition) is 2. The van der Waals surface area contributed by atoms with Gasteiger partial charge in [0.2, 0.25) is 0 Å². The van der Waals surface area contributed by atoms with Gasteiger partial charge in [-0.05, 0) is 19.1 Å². The molecule has 0 saturated carbocycles. The van der Waals surface area contributed by atoms with E-state index in [0.29, 0.717) is 6.42 Å². The highest BCUT2D eigenvalue weighted by Crippen LogP contribution is 2.18. The van der Waals surface area contributed by atoms with Gasteiger partial charge < -0.3 is 14.8 Å². The topological polar surface area (TPSA) is 58.1 Å². The molecule has 0 amide bonds. The first-order valence-electron chi connectivity index (χ1n) is 4.89. The molecule has 0 saturated heterocycles. The number of imidazole rings is 1.